The SMILES string of the molecule is CNCCCc1cccs1.Cc1cccc2ccccc12. The molecule has 110 valence electrons. The molecule has 1 nitrogen and oxygen atoms in total. The molecule has 3 aromatic rings. The quantitative estimate of drug-likeness (QED) is 0.665. The van der Waals surface area contributed by atoms with Crippen molar-refractivity contribution in [3.05, 3.63) is 70.4 Å². The number of thiophene rings is 1. The molecule has 0 saturated carbocycles. The zero-order valence-electron chi connectivity index (χ0n) is 12.8. The highest BCUT2D eigenvalue weighted by molar-refractivity contribution is 7.09. The molecule has 0 bridgehead atoms. The molecule has 0 spiro atoms. The summed E-state index contributed by atoms with van der Waals surface area (Å²) in [5, 5.41) is 7.95. The normalized spacial score (nSPS) is 10.2. The smallest absolute Gasteiger partial charge is 0.00457 e. The van der Waals surface area contributed by atoms with E-state index in [1.165, 1.54) is 34.1 Å². The van der Waals surface area contributed by atoms with Gasteiger partial charge < -0.3 is 5.32 Å². The van der Waals surface area contributed by atoms with Crippen molar-refractivity contribution in [2.75, 3.05) is 13.6 Å². The third kappa shape index (κ3) is 5.00. The van der Waals surface area contributed by atoms with E-state index < -0.39 is 0 Å². The number of hydrogen-bond donors (Lipinski definition) is 1. The van der Waals surface area contributed by atoms with Crippen LogP contribution in [-0.2, 0) is 6.42 Å². The number of aryl methyl sites for hydroxylation is 2. The van der Waals surface area contributed by atoms with Gasteiger partial charge in [0.1, 0.15) is 0 Å². The first-order chi connectivity index (χ1) is 10.3. The Kier molecular flexibility index (Phi) is 6.45. The van der Waals surface area contributed by atoms with Gasteiger partial charge >= 0.3 is 0 Å². The lowest BCUT2D eigenvalue weighted by molar-refractivity contribution is 0.729. The van der Waals surface area contributed by atoms with Gasteiger partial charge in [-0.3, -0.25) is 0 Å². The van der Waals surface area contributed by atoms with Crippen molar-refractivity contribution in [1.29, 1.82) is 0 Å². The van der Waals surface area contributed by atoms with Gasteiger partial charge in [-0.1, -0.05) is 48.5 Å². The summed E-state index contributed by atoms with van der Waals surface area (Å²) < 4.78 is 0. The Bertz CT molecular complexity index is 638. The van der Waals surface area contributed by atoms with Crippen LogP contribution in [0.1, 0.15) is 16.9 Å². The average Bonchev–Trinajstić information content (AvgIpc) is 3.02. The van der Waals surface area contributed by atoms with Gasteiger partial charge in [-0.15, -0.1) is 11.3 Å². The van der Waals surface area contributed by atoms with Gasteiger partial charge in [-0.2, -0.15) is 0 Å². The lowest BCUT2D eigenvalue weighted by Gasteiger charge is -1.98. The molecule has 0 aliphatic heterocycles. The third-order valence-electron chi connectivity index (χ3n) is 3.44. The molecule has 2 heteroatoms. The van der Waals surface area contributed by atoms with Crippen LogP contribution >= 0.6 is 11.3 Å². The fourth-order valence-electron chi connectivity index (χ4n) is 2.28. The summed E-state index contributed by atoms with van der Waals surface area (Å²) in [5.74, 6) is 0. The molecule has 21 heavy (non-hydrogen) atoms. The van der Waals surface area contributed by atoms with Gasteiger partial charge in [0.15, 0.2) is 0 Å². The predicted octanol–water partition coefficient (Wildman–Crippen LogP) is 5.05. The van der Waals surface area contributed by atoms with Crippen LogP contribution in [0.15, 0.2) is 60.0 Å². The molecule has 0 saturated heterocycles. The summed E-state index contributed by atoms with van der Waals surface area (Å²) in [5.41, 5.74) is 1.35. The van der Waals surface area contributed by atoms with Gasteiger partial charge in [-0.25, -0.2) is 0 Å². The maximum absolute atomic E-state index is 3.13. The van der Waals surface area contributed by atoms with Crippen molar-refractivity contribution in [3.63, 3.8) is 0 Å². The van der Waals surface area contributed by atoms with E-state index in [0.717, 1.165) is 6.54 Å². The summed E-state index contributed by atoms with van der Waals surface area (Å²) in [6.07, 6.45) is 2.47. The van der Waals surface area contributed by atoms with E-state index in [0.29, 0.717) is 0 Å². The van der Waals surface area contributed by atoms with Crippen LogP contribution in [0.2, 0.25) is 0 Å². The Morgan fingerprint density at radius 1 is 0.952 bits per heavy atom. The van der Waals surface area contributed by atoms with Crippen molar-refractivity contribution < 1.29 is 0 Å². The van der Waals surface area contributed by atoms with Crippen LogP contribution in [0.3, 0.4) is 0 Å². The summed E-state index contributed by atoms with van der Waals surface area (Å²) in [6.45, 7) is 3.26. The first kappa shape index (κ1) is 15.7. The Morgan fingerprint density at radius 2 is 1.76 bits per heavy atom. The van der Waals surface area contributed by atoms with Gasteiger partial charge in [0.05, 0.1) is 0 Å². The minimum absolute atomic E-state index is 1.12. The molecule has 0 aliphatic rings. The lowest BCUT2D eigenvalue weighted by atomic mass is 10.1. The maximum Gasteiger partial charge on any atom is 0.00457 e. The molecule has 0 atom stereocenters. The van der Waals surface area contributed by atoms with Crippen molar-refractivity contribution in [2.45, 2.75) is 19.8 Å². The van der Waals surface area contributed by atoms with Crippen molar-refractivity contribution in [1.82, 2.24) is 5.32 Å². The van der Waals surface area contributed by atoms with Crippen LogP contribution in [0.4, 0.5) is 0 Å². The van der Waals surface area contributed by atoms with Gasteiger partial charge in [-0.05, 0) is 61.1 Å². The van der Waals surface area contributed by atoms with E-state index in [2.05, 4.69) is 72.2 Å². The van der Waals surface area contributed by atoms with Crippen LogP contribution in [0.25, 0.3) is 10.8 Å². The third-order valence-corrected chi connectivity index (χ3v) is 4.37. The number of benzene rings is 2. The van der Waals surface area contributed by atoms with Crippen molar-refractivity contribution >= 4 is 22.1 Å². The molecule has 0 fully saturated rings. The Hall–Kier alpha value is -1.64. The molecule has 1 N–H and O–H groups in total. The van der Waals surface area contributed by atoms with E-state index >= 15 is 0 Å². The molecular formula is C19H23NS. The average molecular weight is 297 g/mol. The van der Waals surface area contributed by atoms with Crippen LogP contribution in [0.5, 0.6) is 0 Å². The maximum atomic E-state index is 3.13. The zero-order chi connectivity index (χ0) is 14.9. The van der Waals surface area contributed by atoms with Gasteiger partial charge in [0.25, 0.3) is 0 Å². The fourth-order valence-corrected chi connectivity index (χ4v) is 3.03. The second kappa shape index (κ2) is 8.60. The number of rotatable bonds is 4. The summed E-state index contributed by atoms with van der Waals surface area (Å²) >= 11 is 1.85. The highest BCUT2D eigenvalue weighted by Gasteiger charge is 1.92. The molecule has 0 unspecified atom stereocenters. The first-order valence-electron chi connectivity index (χ1n) is 7.42. The molecular weight excluding hydrogens is 274 g/mol. The van der Waals surface area contributed by atoms with E-state index in [1.807, 2.05) is 18.4 Å². The van der Waals surface area contributed by atoms with Crippen LogP contribution in [-0.4, -0.2) is 13.6 Å². The fraction of sp³-hybridized carbons (Fsp3) is 0.263. The summed E-state index contributed by atoms with van der Waals surface area (Å²) in [6, 6.07) is 19.1. The number of hydrogen-bond acceptors (Lipinski definition) is 2. The molecule has 3 rings (SSSR count). The summed E-state index contributed by atoms with van der Waals surface area (Å²) in [7, 11) is 1.99. The molecule has 0 aliphatic carbocycles. The van der Waals surface area contributed by atoms with E-state index in [4.69, 9.17) is 0 Å². The lowest BCUT2D eigenvalue weighted by Crippen LogP contribution is -2.07. The van der Waals surface area contributed by atoms with E-state index in [-0.39, 0.29) is 0 Å². The van der Waals surface area contributed by atoms with Gasteiger partial charge in [0.2, 0.25) is 0 Å². The number of nitrogens with one attached hydrogen (secondary N) is 1. The highest BCUT2D eigenvalue weighted by Crippen LogP contribution is 2.16. The molecule has 0 radical (unpaired) electrons. The van der Waals surface area contributed by atoms with Crippen molar-refractivity contribution in [2.24, 2.45) is 0 Å². The Labute approximate surface area is 131 Å². The Morgan fingerprint density at radius 3 is 2.48 bits per heavy atom. The molecule has 2 aromatic carbocycles. The first-order valence-corrected chi connectivity index (χ1v) is 8.30. The summed E-state index contributed by atoms with van der Waals surface area (Å²) in [4.78, 5) is 1.50. The minimum atomic E-state index is 1.12. The van der Waals surface area contributed by atoms with Gasteiger partial charge in [0, 0.05) is 4.88 Å². The minimum Gasteiger partial charge on any atom is -0.320 e. The highest BCUT2D eigenvalue weighted by atomic mass is 32.1. The largest absolute Gasteiger partial charge is 0.320 e. The molecule has 0 amide bonds. The topological polar surface area (TPSA) is 12.0 Å². The van der Waals surface area contributed by atoms with E-state index in [9.17, 15) is 0 Å². The molecule has 1 aromatic heterocycles. The number of fused-ring (bicyclic) bond motifs is 1. The molecule has 1 heterocycles. The predicted molar refractivity (Wildman–Crippen MR) is 95.3 cm³/mol. The van der Waals surface area contributed by atoms with Crippen molar-refractivity contribution in [3.8, 4) is 0 Å². The second-order valence-corrected chi connectivity index (χ2v) is 6.11. The van der Waals surface area contributed by atoms with E-state index in [1.54, 1.807) is 0 Å². The Balaban J connectivity index is 0.000000155. The standard InChI is InChI=1S/C11H10.C8H13NS/c1-9-5-4-7-10-6-2-3-8-11(9)10;1-9-6-2-4-8-5-3-7-10-8/h2-8H,1H3;3,5,7,9H,2,4,6H2,1H3. The monoisotopic (exact) mass is 297 g/mol. The zero-order valence-corrected chi connectivity index (χ0v) is 13.6. The second-order valence-electron chi connectivity index (χ2n) is 5.08. The van der Waals surface area contributed by atoms with Crippen LogP contribution in [0, 0.1) is 6.92 Å². The van der Waals surface area contributed by atoms with Crippen LogP contribution < -0.4 is 5.32 Å².